The highest BCUT2D eigenvalue weighted by atomic mass is 32.2. The Morgan fingerprint density at radius 3 is 2.48 bits per heavy atom. The van der Waals surface area contributed by atoms with Gasteiger partial charge in [-0.05, 0) is 47.3 Å². The Bertz CT molecular complexity index is 857. The van der Waals surface area contributed by atoms with Crippen LogP contribution in [0.4, 0.5) is 0 Å². The molecular weight excluding hydrogens is 376 g/mol. The topological polar surface area (TPSA) is 31.6 Å². The molecule has 27 heavy (non-hydrogen) atoms. The number of benzene rings is 2. The predicted molar refractivity (Wildman–Crippen MR) is 113 cm³/mol. The van der Waals surface area contributed by atoms with Crippen molar-refractivity contribution in [1.82, 2.24) is 0 Å². The molecule has 0 amide bonds. The van der Waals surface area contributed by atoms with E-state index in [0.29, 0.717) is 6.61 Å². The molecule has 0 saturated carbocycles. The van der Waals surface area contributed by atoms with Crippen molar-refractivity contribution in [3.8, 4) is 11.5 Å². The van der Waals surface area contributed by atoms with Crippen LogP contribution >= 0.6 is 23.5 Å². The van der Waals surface area contributed by atoms with Gasteiger partial charge in [0.15, 0.2) is 11.5 Å². The van der Waals surface area contributed by atoms with Crippen LogP contribution in [0.5, 0.6) is 11.5 Å². The summed E-state index contributed by atoms with van der Waals surface area (Å²) in [6, 6.07) is 18.5. The van der Waals surface area contributed by atoms with Crippen LogP contribution in [-0.2, 0) is 10.7 Å². The van der Waals surface area contributed by atoms with E-state index in [0.717, 1.165) is 28.6 Å². The fraction of sp³-hybridized carbons (Fsp3) is 0.273. The summed E-state index contributed by atoms with van der Waals surface area (Å²) in [7, 11) is 1.68. The molecule has 0 atom stereocenters. The number of furan rings is 1. The normalized spacial score (nSPS) is 16.0. The zero-order chi connectivity index (χ0) is 18.5. The molecule has 4 rings (SSSR count). The van der Waals surface area contributed by atoms with Crippen LogP contribution < -0.4 is 9.47 Å². The molecule has 0 bridgehead atoms. The Morgan fingerprint density at radius 1 is 0.963 bits per heavy atom. The van der Waals surface area contributed by atoms with E-state index in [9.17, 15) is 0 Å². The van der Waals surface area contributed by atoms with Crippen LogP contribution in [-0.4, -0.2) is 18.6 Å². The number of ether oxygens (including phenoxy) is 2. The molecule has 140 valence electrons. The summed E-state index contributed by atoms with van der Waals surface area (Å²) in [6.07, 6.45) is 4.84. The Hall–Kier alpha value is -1.98. The summed E-state index contributed by atoms with van der Waals surface area (Å²) in [4.78, 5) is 0. The lowest BCUT2D eigenvalue weighted by Gasteiger charge is -2.36. The third-order valence-electron chi connectivity index (χ3n) is 4.58. The Morgan fingerprint density at radius 2 is 1.78 bits per heavy atom. The van der Waals surface area contributed by atoms with Gasteiger partial charge in [0.1, 0.15) is 10.7 Å². The van der Waals surface area contributed by atoms with Crippen LogP contribution in [0.3, 0.4) is 0 Å². The summed E-state index contributed by atoms with van der Waals surface area (Å²) in [5, 5.41) is 0. The minimum absolute atomic E-state index is 0.164. The van der Waals surface area contributed by atoms with E-state index < -0.39 is 0 Å². The first-order valence-corrected chi connectivity index (χ1v) is 10.9. The lowest BCUT2D eigenvalue weighted by Crippen LogP contribution is -2.23. The summed E-state index contributed by atoms with van der Waals surface area (Å²) in [5.74, 6) is 3.78. The van der Waals surface area contributed by atoms with Gasteiger partial charge in [0.25, 0.3) is 0 Å². The van der Waals surface area contributed by atoms with Gasteiger partial charge in [0.05, 0.1) is 19.6 Å². The average molecular weight is 399 g/mol. The van der Waals surface area contributed by atoms with Gasteiger partial charge in [-0.1, -0.05) is 36.4 Å². The first-order chi connectivity index (χ1) is 13.3. The van der Waals surface area contributed by atoms with Gasteiger partial charge < -0.3 is 13.9 Å². The second-order valence-electron chi connectivity index (χ2n) is 6.32. The maximum atomic E-state index is 6.14. The maximum Gasteiger partial charge on any atom is 0.162 e. The molecule has 1 aromatic heterocycles. The molecule has 1 aliphatic rings. The lowest BCUT2D eigenvalue weighted by atomic mass is 10.1. The van der Waals surface area contributed by atoms with Crippen LogP contribution in [0.1, 0.15) is 23.1 Å². The average Bonchev–Trinajstić information content (AvgIpc) is 3.29. The van der Waals surface area contributed by atoms with E-state index in [1.54, 1.807) is 13.4 Å². The number of rotatable bonds is 6. The zero-order valence-electron chi connectivity index (χ0n) is 15.2. The maximum absolute atomic E-state index is 6.14. The molecule has 1 aliphatic heterocycles. The Labute approximate surface area is 168 Å². The smallest absolute Gasteiger partial charge is 0.162 e. The van der Waals surface area contributed by atoms with Crippen molar-refractivity contribution in [2.75, 3.05) is 18.6 Å². The largest absolute Gasteiger partial charge is 0.493 e. The highest BCUT2D eigenvalue weighted by molar-refractivity contribution is 8.18. The molecule has 3 aromatic rings. The molecule has 0 radical (unpaired) electrons. The van der Waals surface area contributed by atoms with Crippen LogP contribution in [0.25, 0.3) is 0 Å². The zero-order valence-corrected chi connectivity index (χ0v) is 16.9. The monoisotopic (exact) mass is 398 g/mol. The third kappa shape index (κ3) is 3.85. The number of hydrogen-bond acceptors (Lipinski definition) is 5. The summed E-state index contributed by atoms with van der Waals surface area (Å²) in [6.45, 7) is 0.514. The van der Waals surface area contributed by atoms with Gasteiger partial charge >= 0.3 is 0 Å². The van der Waals surface area contributed by atoms with E-state index in [2.05, 4.69) is 30.3 Å². The third-order valence-corrected chi connectivity index (χ3v) is 8.03. The molecule has 0 unspecified atom stereocenters. The first-order valence-electron chi connectivity index (χ1n) is 8.98. The molecule has 1 fully saturated rings. The number of hydrogen-bond donors (Lipinski definition) is 0. The second-order valence-corrected chi connectivity index (χ2v) is 9.20. The standard InChI is InChI=1S/C22H22O3S2/c1-23-20-9-8-18(14-21(20)25-15-17-6-3-2-4-7-17)22(19-10-11-24-16-19)26-12-5-13-27-22/h2-4,6-11,14,16H,5,12-13,15H2,1H3. The molecule has 1 saturated heterocycles. The van der Waals surface area contributed by atoms with E-state index in [4.69, 9.17) is 13.9 Å². The predicted octanol–water partition coefficient (Wildman–Crippen LogP) is 5.94. The first kappa shape index (κ1) is 18.4. The van der Waals surface area contributed by atoms with Gasteiger partial charge in [-0.3, -0.25) is 0 Å². The molecule has 0 aliphatic carbocycles. The van der Waals surface area contributed by atoms with Gasteiger partial charge in [0, 0.05) is 5.56 Å². The highest BCUT2D eigenvalue weighted by Crippen LogP contribution is 2.55. The van der Waals surface area contributed by atoms with Crippen LogP contribution in [0.15, 0.2) is 71.5 Å². The van der Waals surface area contributed by atoms with Crippen molar-refractivity contribution < 1.29 is 13.9 Å². The summed E-state index contributed by atoms with van der Waals surface area (Å²) >= 11 is 3.93. The van der Waals surface area contributed by atoms with Crippen molar-refractivity contribution in [3.05, 3.63) is 83.8 Å². The van der Waals surface area contributed by atoms with Crippen molar-refractivity contribution in [1.29, 1.82) is 0 Å². The molecule has 3 nitrogen and oxygen atoms in total. The minimum Gasteiger partial charge on any atom is -0.493 e. The van der Waals surface area contributed by atoms with E-state index in [1.165, 1.54) is 17.5 Å². The van der Waals surface area contributed by atoms with Crippen molar-refractivity contribution in [2.45, 2.75) is 17.1 Å². The second kappa shape index (κ2) is 8.36. The molecule has 2 aromatic carbocycles. The Balaban J connectivity index is 1.68. The molecule has 5 heteroatoms. The molecule has 2 heterocycles. The lowest BCUT2D eigenvalue weighted by molar-refractivity contribution is 0.284. The molecule has 0 spiro atoms. The van der Waals surface area contributed by atoms with Crippen LogP contribution in [0.2, 0.25) is 0 Å². The summed E-state index contributed by atoms with van der Waals surface area (Å²) < 4.78 is 16.9. The fourth-order valence-corrected chi connectivity index (χ4v) is 6.53. The molecular formula is C22H22O3S2. The van der Waals surface area contributed by atoms with Crippen molar-refractivity contribution in [3.63, 3.8) is 0 Å². The van der Waals surface area contributed by atoms with Crippen molar-refractivity contribution >= 4 is 23.5 Å². The Kier molecular flexibility index (Phi) is 5.69. The number of thioether (sulfide) groups is 2. The van der Waals surface area contributed by atoms with Gasteiger partial charge in [0.2, 0.25) is 0 Å². The van der Waals surface area contributed by atoms with E-state index in [-0.39, 0.29) is 4.08 Å². The number of methoxy groups -OCH3 is 1. The van der Waals surface area contributed by atoms with Crippen LogP contribution in [0, 0.1) is 0 Å². The van der Waals surface area contributed by atoms with E-state index >= 15 is 0 Å². The fourth-order valence-electron chi connectivity index (χ4n) is 3.21. The van der Waals surface area contributed by atoms with Gasteiger partial charge in [-0.2, -0.15) is 0 Å². The summed E-state index contributed by atoms with van der Waals surface area (Å²) in [5.41, 5.74) is 3.54. The highest BCUT2D eigenvalue weighted by Gasteiger charge is 2.39. The minimum atomic E-state index is -0.164. The van der Waals surface area contributed by atoms with Gasteiger partial charge in [-0.15, -0.1) is 23.5 Å². The van der Waals surface area contributed by atoms with Crippen molar-refractivity contribution in [2.24, 2.45) is 0 Å². The van der Waals surface area contributed by atoms with E-state index in [1.807, 2.05) is 54.1 Å². The van der Waals surface area contributed by atoms with Gasteiger partial charge in [-0.25, -0.2) is 0 Å². The quantitative estimate of drug-likeness (QED) is 0.513. The SMILES string of the molecule is COc1ccc(C2(c3ccoc3)SCCCS2)cc1OCc1ccccc1. The molecule has 0 N–H and O–H groups in total.